The van der Waals surface area contributed by atoms with Gasteiger partial charge >= 0.3 is 68.3 Å². The molecule has 0 amide bonds. The van der Waals surface area contributed by atoms with Crippen molar-refractivity contribution in [1.82, 2.24) is 0 Å². The standard InChI is InChI=1S/2C2H8O7P2.4Mn/c2*3-1-2(10(4,5)6)11(7,8)9;;;;/h2*2-3H,1H2,(H2,4,5,6)(H2,7,8,9);;;;/q;;4*+2/p-8. The minimum Gasteiger partial charge on any atom is -0.810 e. The molecule has 26 heavy (non-hydrogen) atoms. The van der Waals surface area contributed by atoms with Gasteiger partial charge in [0, 0.05) is 10.8 Å². The van der Waals surface area contributed by atoms with Crippen LogP contribution in [-0.2, 0) is 86.5 Å². The summed E-state index contributed by atoms with van der Waals surface area (Å²) in [5, 5.41) is 10.6. The first-order valence-electron chi connectivity index (χ1n) is 4.67. The SMILES string of the molecule is O=P([O-])([O-])C(CO)P(=O)([O-])[O-].O=P([O-])([O-])C(CO)P(=O)([O-])[O-].[Mn+2].[Mn+2].[Mn+2].[Mn+2]. The van der Waals surface area contributed by atoms with Crippen LogP contribution in [-0.4, -0.2) is 34.2 Å². The van der Waals surface area contributed by atoms with Gasteiger partial charge in [-0.1, -0.05) is 30.4 Å². The zero-order chi connectivity index (χ0) is 18.6. The van der Waals surface area contributed by atoms with E-state index in [1.54, 1.807) is 0 Å². The molecular weight excluding hydrogens is 616 g/mol. The van der Waals surface area contributed by atoms with Gasteiger partial charge in [0.05, 0.1) is 13.2 Å². The number of hydrogen-bond donors (Lipinski definition) is 2. The van der Waals surface area contributed by atoms with Crippen molar-refractivity contribution >= 4 is 30.4 Å². The van der Waals surface area contributed by atoms with Gasteiger partial charge in [-0.3, -0.25) is 0 Å². The summed E-state index contributed by atoms with van der Waals surface area (Å²) >= 11 is 0. The van der Waals surface area contributed by atoms with E-state index in [0.717, 1.165) is 0 Å². The maximum atomic E-state index is 9.95. The third-order valence-corrected chi connectivity index (χ3v) is 8.75. The molecule has 2 N–H and O–H groups in total. The van der Waals surface area contributed by atoms with Crippen molar-refractivity contribution in [3.8, 4) is 0 Å². The van der Waals surface area contributed by atoms with E-state index in [4.69, 9.17) is 10.2 Å². The molecule has 0 saturated heterocycles. The Hall–Kier alpha value is 2.60. The molecule has 14 nitrogen and oxygen atoms in total. The summed E-state index contributed by atoms with van der Waals surface area (Å²) in [6.45, 7) is -2.98. The van der Waals surface area contributed by atoms with Crippen LogP contribution in [0.1, 0.15) is 0 Å². The first-order valence-corrected chi connectivity index (χ1v) is 11.1. The molecule has 0 atom stereocenters. The van der Waals surface area contributed by atoms with Crippen LogP contribution in [0.25, 0.3) is 0 Å². The summed E-state index contributed by atoms with van der Waals surface area (Å²) in [5.41, 5.74) is 0. The van der Waals surface area contributed by atoms with Crippen molar-refractivity contribution in [3.05, 3.63) is 0 Å². The molecule has 4 radical (unpaired) electrons. The molecular formula is C4H8Mn4O14P4. The van der Waals surface area contributed by atoms with Crippen molar-refractivity contribution < 1.29 is 136 Å². The molecule has 0 heterocycles. The van der Waals surface area contributed by atoms with Gasteiger partial charge in [0.15, 0.2) is 0 Å². The molecule has 0 aliphatic rings. The normalized spacial score (nSPS) is 11.8. The van der Waals surface area contributed by atoms with E-state index >= 15 is 0 Å². The topological polar surface area (TPSA) is 293 Å². The van der Waals surface area contributed by atoms with Gasteiger partial charge in [-0.05, 0) is 0 Å². The van der Waals surface area contributed by atoms with E-state index in [9.17, 15) is 57.4 Å². The summed E-state index contributed by atoms with van der Waals surface area (Å²) in [6, 6.07) is 0. The summed E-state index contributed by atoms with van der Waals surface area (Å²) in [7, 11) is -22.1. The largest absolute Gasteiger partial charge is 2.00 e. The van der Waals surface area contributed by atoms with Crippen LogP contribution in [0.3, 0.4) is 0 Å². The van der Waals surface area contributed by atoms with Crippen molar-refractivity contribution in [2.45, 2.75) is 10.8 Å². The molecule has 0 spiro atoms. The van der Waals surface area contributed by atoms with Crippen molar-refractivity contribution in [3.63, 3.8) is 0 Å². The first-order chi connectivity index (χ1) is 9.39. The van der Waals surface area contributed by atoms with E-state index in [2.05, 4.69) is 0 Å². The maximum absolute atomic E-state index is 9.95. The Kier molecular flexibility index (Phi) is 26.8. The Morgan fingerprint density at radius 3 is 0.615 bits per heavy atom. The quantitative estimate of drug-likeness (QED) is 0.205. The Morgan fingerprint density at radius 2 is 0.615 bits per heavy atom. The molecule has 0 fully saturated rings. The van der Waals surface area contributed by atoms with Crippen LogP contribution in [0.5, 0.6) is 0 Å². The fourth-order valence-corrected chi connectivity index (χ4v) is 4.32. The average Bonchev–Trinajstić information content (AvgIpc) is 2.09. The van der Waals surface area contributed by atoms with E-state index in [1.807, 2.05) is 0 Å². The molecule has 156 valence electrons. The van der Waals surface area contributed by atoms with Gasteiger partial charge in [-0.2, -0.15) is 0 Å². The third-order valence-electron chi connectivity index (χ3n) is 1.79. The van der Waals surface area contributed by atoms with E-state index < -0.39 is 54.4 Å². The Bertz CT molecular complexity index is 441. The second-order valence-electron chi connectivity index (χ2n) is 3.49. The fourth-order valence-electron chi connectivity index (χ4n) is 0.746. The van der Waals surface area contributed by atoms with Crippen LogP contribution >= 0.6 is 30.4 Å². The second kappa shape index (κ2) is 16.3. The van der Waals surface area contributed by atoms with E-state index in [-0.39, 0.29) is 68.3 Å². The van der Waals surface area contributed by atoms with Crippen LogP contribution in [0.2, 0.25) is 0 Å². The average molecular weight is 624 g/mol. The maximum Gasteiger partial charge on any atom is 2.00 e. The monoisotopic (exact) mass is 624 g/mol. The molecule has 0 aromatic carbocycles. The van der Waals surface area contributed by atoms with Crippen LogP contribution in [0.4, 0.5) is 0 Å². The smallest absolute Gasteiger partial charge is 0.810 e. The molecule has 0 aliphatic heterocycles. The first kappa shape index (κ1) is 42.7. The van der Waals surface area contributed by atoms with Gasteiger partial charge in [-0.15, -0.1) is 0 Å². The second-order valence-corrected chi connectivity index (χ2v) is 11.1. The van der Waals surface area contributed by atoms with Crippen molar-refractivity contribution in [2.24, 2.45) is 0 Å². The van der Waals surface area contributed by atoms with Crippen LogP contribution in [0.15, 0.2) is 0 Å². The van der Waals surface area contributed by atoms with E-state index in [1.165, 1.54) is 0 Å². The van der Waals surface area contributed by atoms with Gasteiger partial charge in [0.25, 0.3) is 0 Å². The van der Waals surface area contributed by atoms with Crippen LogP contribution in [0, 0.1) is 0 Å². The summed E-state index contributed by atoms with van der Waals surface area (Å²) < 4.78 is 39.8. The van der Waals surface area contributed by atoms with Crippen molar-refractivity contribution in [1.29, 1.82) is 0 Å². The molecule has 0 aromatic heterocycles. The summed E-state index contributed by atoms with van der Waals surface area (Å²) in [6.07, 6.45) is 0. The van der Waals surface area contributed by atoms with Gasteiger partial charge in [0.1, 0.15) is 0 Å². The minimum atomic E-state index is -5.54. The fraction of sp³-hybridized carbons (Fsp3) is 1.00. The zero-order valence-electron chi connectivity index (χ0n) is 11.7. The molecule has 0 aliphatic carbocycles. The van der Waals surface area contributed by atoms with Gasteiger partial charge in [-0.25, -0.2) is 0 Å². The number of aliphatic hydroxyl groups is 2. The Labute approximate surface area is 189 Å². The number of rotatable bonds is 6. The minimum absolute atomic E-state index is 0. The predicted molar refractivity (Wildman–Crippen MR) is 52.2 cm³/mol. The molecule has 0 rings (SSSR count). The molecule has 22 heteroatoms. The predicted octanol–water partition coefficient (Wildman–Crippen LogP) is -7.75. The number of hydrogen-bond acceptors (Lipinski definition) is 14. The van der Waals surface area contributed by atoms with Gasteiger partial charge in [0.2, 0.25) is 0 Å². The Balaban J connectivity index is -0.0000000667. The number of aliphatic hydroxyl groups excluding tert-OH is 2. The van der Waals surface area contributed by atoms with Gasteiger partial charge < -0.3 is 67.6 Å². The zero-order valence-corrected chi connectivity index (χ0v) is 20.0. The Morgan fingerprint density at radius 1 is 0.500 bits per heavy atom. The van der Waals surface area contributed by atoms with Crippen molar-refractivity contribution in [2.75, 3.05) is 13.2 Å². The summed E-state index contributed by atoms with van der Waals surface area (Å²) in [4.78, 5) is 79.6. The third kappa shape index (κ3) is 18.6. The van der Waals surface area contributed by atoms with Crippen LogP contribution < -0.4 is 39.1 Å². The van der Waals surface area contributed by atoms with E-state index in [0.29, 0.717) is 0 Å². The summed E-state index contributed by atoms with van der Waals surface area (Å²) in [5.74, 6) is 0. The molecule has 0 bridgehead atoms. The molecule has 0 saturated carbocycles. The molecule has 0 unspecified atom stereocenters. The molecule has 0 aromatic rings.